The summed E-state index contributed by atoms with van der Waals surface area (Å²) in [4.78, 5) is 18.6. The average Bonchev–Trinajstić information content (AvgIpc) is 3.17. The number of amides is 1. The Morgan fingerprint density at radius 1 is 0.929 bits per heavy atom. The van der Waals surface area contributed by atoms with E-state index in [4.69, 9.17) is 9.47 Å². The van der Waals surface area contributed by atoms with Crippen LogP contribution in [0, 0.1) is 0 Å². The lowest BCUT2D eigenvalue weighted by atomic mass is 10.2. The predicted molar refractivity (Wildman–Crippen MR) is 109 cm³/mol. The molecule has 2 aromatic carbocycles. The van der Waals surface area contributed by atoms with E-state index in [0.717, 1.165) is 28.5 Å². The van der Waals surface area contributed by atoms with Crippen molar-refractivity contribution in [3.8, 4) is 11.5 Å². The van der Waals surface area contributed by atoms with E-state index >= 15 is 0 Å². The van der Waals surface area contributed by atoms with Crippen molar-refractivity contribution < 1.29 is 14.3 Å². The van der Waals surface area contributed by atoms with Crippen LogP contribution in [0.1, 0.15) is 10.5 Å². The lowest BCUT2D eigenvalue weighted by Crippen LogP contribution is -2.14. The highest BCUT2D eigenvalue weighted by Gasteiger charge is 2.13. The molecule has 0 aliphatic carbocycles. The predicted octanol–water partition coefficient (Wildman–Crippen LogP) is 3.87. The van der Waals surface area contributed by atoms with E-state index in [-0.39, 0.29) is 12.7 Å². The molecule has 3 aromatic rings. The van der Waals surface area contributed by atoms with E-state index in [1.807, 2.05) is 67.5 Å². The minimum atomic E-state index is -0.257. The van der Waals surface area contributed by atoms with Crippen LogP contribution >= 0.6 is 0 Å². The molecule has 0 bridgehead atoms. The van der Waals surface area contributed by atoms with Crippen LogP contribution in [0.4, 0.5) is 22.7 Å². The molecular formula is C21H20N4O3. The fourth-order valence-corrected chi connectivity index (χ4v) is 2.78. The average molecular weight is 376 g/mol. The zero-order valence-corrected chi connectivity index (χ0v) is 15.6. The molecule has 0 saturated heterocycles. The molecule has 0 unspecified atom stereocenters. The number of hydrogen-bond acceptors (Lipinski definition) is 6. The number of carbonyl (C=O) groups excluding carboxylic acids is 1. The lowest BCUT2D eigenvalue weighted by Gasteiger charge is -2.13. The number of nitrogens with zero attached hydrogens (tertiary/aromatic N) is 2. The minimum absolute atomic E-state index is 0.238. The van der Waals surface area contributed by atoms with Crippen LogP contribution in [-0.4, -0.2) is 31.8 Å². The Morgan fingerprint density at radius 2 is 1.64 bits per heavy atom. The van der Waals surface area contributed by atoms with Gasteiger partial charge in [-0.3, -0.25) is 4.79 Å². The van der Waals surface area contributed by atoms with Gasteiger partial charge >= 0.3 is 0 Å². The number of ether oxygens (including phenoxy) is 2. The van der Waals surface area contributed by atoms with E-state index in [1.54, 1.807) is 12.3 Å². The van der Waals surface area contributed by atoms with Crippen LogP contribution in [0.25, 0.3) is 0 Å². The van der Waals surface area contributed by atoms with Gasteiger partial charge < -0.3 is 25.0 Å². The fraction of sp³-hybridized carbons (Fsp3) is 0.143. The number of fused-ring (bicyclic) bond motifs is 1. The molecule has 7 heteroatoms. The molecule has 0 saturated carbocycles. The first-order valence-corrected chi connectivity index (χ1v) is 8.80. The number of nitrogens with one attached hydrogen (secondary N) is 2. The summed E-state index contributed by atoms with van der Waals surface area (Å²) in [6.07, 6.45) is 1.62. The molecule has 0 radical (unpaired) electrons. The number of benzene rings is 2. The van der Waals surface area contributed by atoms with Gasteiger partial charge in [0.05, 0.1) is 11.9 Å². The van der Waals surface area contributed by atoms with Crippen molar-refractivity contribution >= 4 is 28.7 Å². The SMILES string of the molecule is CN(C)c1ccc(NC(=O)c2ccc(Nc3ccc4c(c3)OCO4)cn2)cc1. The van der Waals surface area contributed by atoms with Crippen molar-refractivity contribution in [2.45, 2.75) is 0 Å². The van der Waals surface area contributed by atoms with Crippen LogP contribution in [-0.2, 0) is 0 Å². The summed E-state index contributed by atoms with van der Waals surface area (Å²) in [6, 6.07) is 16.7. The maximum absolute atomic E-state index is 12.4. The third-order valence-electron chi connectivity index (χ3n) is 4.30. The molecule has 0 atom stereocenters. The first-order valence-electron chi connectivity index (χ1n) is 8.80. The summed E-state index contributed by atoms with van der Waals surface area (Å²) in [5, 5.41) is 6.08. The third-order valence-corrected chi connectivity index (χ3v) is 4.30. The van der Waals surface area contributed by atoms with E-state index in [9.17, 15) is 4.79 Å². The molecule has 2 N–H and O–H groups in total. The molecule has 1 aliphatic rings. The van der Waals surface area contributed by atoms with Gasteiger partial charge in [0.25, 0.3) is 5.91 Å². The van der Waals surface area contributed by atoms with E-state index < -0.39 is 0 Å². The highest BCUT2D eigenvalue weighted by Crippen LogP contribution is 2.35. The molecule has 0 spiro atoms. The largest absolute Gasteiger partial charge is 0.454 e. The first kappa shape index (κ1) is 17.7. The monoisotopic (exact) mass is 376 g/mol. The Kier molecular flexibility index (Phi) is 4.72. The summed E-state index contributed by atoms with van der Waals surface area (Å²) >= 11 is 0. The van der Waals surface area contributed by atoms with Crippen molar-refractivity contribution in [3.05, 3.63) is 66.5 Å². The highest BCUT2D eigenvalue weighted by molar-refractivity contribution is 6.03. The smallest absolute Gasteiger partial charge is 0.274 e. The number of pyridine rings is 1. The maximum atomic E-state index is 12.4. The number of anilines is 4. The second-order valence-electron chi connectivity index (χ2n) is 6.52. The Balaban J connectivity index is 1.40. The number of carbonyl (C=O) groups is 1. The summed E-state index contributed by atoms with van der Waals surface area (Å²) in [7, 11) is 3.94. The fourth-order valence-electron chi connectivity index (χ4n) is 2.78. The van der Waals surface area contributed by atoms with Gasteiger partial charge in [0, 0.05) is 37.2 Å². The van der Waals surface area contributed by atoms with Crippen molar-refractivity contribution in [1.82, 2.24) is 4.98 Å². The zero-order chi connectivity index (χ0) is 19.5. The Morgan fingerprint density at radius 3 is 2.36 bits per heavy atom. The van der Waals surface area contributed by atoms with E-state index in [1.165, 1.54) is 0 Å². The third kappa shape index (κ3) is 3.83. The van der Waals surface area contributed by atoms with Gasteiger partial charge in [-0.1, -0.05) is 0 Å². The molecule has 1 aromatic heterocycles. The van der Waals surface area contributed by atoms with Crippen LogP contribution < -0.4 is 25.0 Å². The quantitative estimate of drug-likeness (QED) is 0.704. The second kappa shape index (κ2) is 7.48. The molecule has 0 fully saturated rings. The normalized spacial score (nSPS) is 11.8. The van der Waals surface area contributed by atoms with Crippen molar-refractivity contribution in [3.63, 3.8) is 0 Å². The number of rotatable bonds is 5. The molecule has 1 amide bonds. The van der Waals surface area contributed by atoms with Gasteiger partial charge in [-0.05, 0) is 48.5 Å². The standard InChI is InChI=1S/C21H20N4O3/c1-25(2)17-7-3-14(4-8-17)24-21(26)18-9-5-16(12-22-18)23-15-6-10-19-20(11-15)28-13-27-19/h3-12,23H,13H2,1-2H3,(H,24,26). The van der Waals surface area contributed by atoms with Crippen LogP contribution in [0.15, 0.2) is 60.8 Å². The van der Waals surface area contributed by atoms with E-state index in [2.05, 4.69) is 15.6 Å². The Bertz CT molecular complexity index is 986. The highest BCUT2D eigenvalue weighted by atomic mass is 16.7. The Labute approximate surface area is 162 Å². The Hall–Kier alpha value is -3.74. The van der Waals surface area contributed by atoms with Crippen LogP contribution in [0.5, 0.6) is 11.5 Å². The zero-order valence-electron chi connectivity index (χ0n) is 15.6. The summed E-state index contributed by atoms with van der Waals surface area (Å²) in [5.74, 6) is 1.18. The molecule has 7 nitrogen and oxygen atoms in total. The van der Waals surface area contributed by atoms with Crippen molar-refractivity contribution in [1.29, 1.82) is 0 Å². The first-order chi connectivity index (χ1) is 13.6. The van der Waals surface area contributed by atoms with Gasteiger partial charge in [0.15, 0.2) is 11.5 Å². The number of hydrogen-bond donors (Lipinski definition) is 2. The maximum Gasteiger partial charge on any atom is 0.274 e. The lowest BCUT2D eigenvalue weighted by molar-refractivity contribution is 0.102. The topological polar surface area (TPSA) is 75.7 Å². The van der Waals surface area contributed by atoms with Crippen LogP contribution in [0.2, 0.25) is 0 Å². The van der Waals surface area contributed by atoms with Crippen molar-refractivity contribution in [2.24, 2.45) is 0 Å². The van der Waals surface area contributed by atoms with Gasteiger partial charge in [0.1, 0.15) is 5.69 Å². The number of aromatic nitrogens is 1. The minimum Gasteiger partial charge on any atom is -0.454 e. The summed E-state index contributed by atoms with van der Waals surface area (Å²) in [5.41, 5.74) is 3.75. The second-order valence-corrected chi connectivity index (χ2v) is 6.52. The van der Waals surface area contributed by atoms with Crippen LogP contribution in [0.3, 0.4) is 0 Å². The molecular weight excluding hydrogens is 356 g/mol. The summed E-state index contributed by atoms with van der Waals surface area (Å²) in [6.45, 7) is 0.238. The summed E-state index contributed by atoms with van der Waals surface area (Å²) < 4.78 is 10.7. The van der Waals surface area contributed by atoms with E-state index in [0.29, 0.717) is 11.4 Å². The van der Waals surface area contributed by atoms with Gasteiger partial charge in [-0.2, -0.15) is 0 Å². The molecule has 142 valence electrons. The van der Waals surface area contributed by atoms with Gasteiger partial charge in [-0.25, -0.2) is 4.98 Å². The van der Waals surface area contributed by atoms with Gasteiger partial charge in [0.2, 0.25) is 6.79 Å². The molecule has 1 aliphatic heterocycles. The molecule has 28 heavy (non-hydrogen) atoms. The molecule has 4 rings (SSSR count). The van der Waals surface area contributed by atoms with Crippen molar-refractivity contribution in [2.75, 3.05) is 36.4 Å². The molecule has 2 heterocycles. The van der Waals surface area contributed by atoms with Gasteiger partial charge in [-0.15, -0.1) is 0 Å².